The molecular formula is C15H23N3O2S. The summed E-state index contributed by atoms with van der Waals surface area (Å²) in [6, 6.07) is 5.04. The second-order valence-electron chi connectivity index (χ2n) is 5.98. The summed E-state index contributed by atoms with van der Waals surface area (Å²) in [6.07, 6.45) is 1.14. The van der Waals surface area contributed by atoms with Crippen LogP contribution in [0.15, 0.2) is 18.2 Å². The number of nitro benzene ring substituents is 1. The van der Waals surface area contributed by atoms with Gasteiger partial charge < -0.3 is 5.32 Å². The van der Waals surface area contributed by atoms with Crippen LogP contribution in [0.25, 0.3) is 0 Å². The van der Waals surface area contributed by atoms with Crippen LogP contribution in [-0.2, 0) is 6.54 Å². The molecule has 1 heterocycles. The molecule has 0 amide bonds. The van der Waals surface area contributed by atoms with Crippen molar-refractivity contribution < 1.29 is 4.92 Å². The predicted octanol–water partition coefficient (Wildman–Crippen LogP) is 3.35. The van der Waals surface area contributed by atoms with Crippen molar-refractivity contribution in [2.75, 3.05) is 31.2 Å². The highest BCUT2D eigenvalue weighted by atomic mass is 32.2. The fourth-order valence-corrected chi connectivity index (χ4v) is 3.67. The smallest absolute Gasteiger partial charge is 0.269 e. The zero-order valence-corrected chi connectivity index (χ0v) is 13.7. The molecule has 1 aromatic rings. The quantitative estimate of drug-likeness (QED) is 0.683. The standard InChI is InChI=1S/C15H23N3O2S/c1-15(2)6-7-17(8-9-21-15)11-12-10-13(18(19)20)4-5-14(12)16-3/h4-5,10,16H,6-9,11H2,1-3H3. The molecule has 0 aromatic heterocycles. The highest BCUT2D eigenvalue weighted by Gasteiger charge is 2.24. The van der Waals surface area contributed by atoms with E-state index in [1.807, 2.05) is 18.8 Å². The van der Waals surface area contributed by atoms with E-state index in [9.17, 15) is 10.1 Å². The summed E-state index contributed by atoms with van der Waals surface area (Å²) in [5, 5.41) is 14.1. The molecule has 5 nitrogen and oxygen atoms in total. The van der Waals surface area contributed by atoms with E-state index in [2.05, 4.69) is 24.1 Å². The molecule has 2 rings (SSSR count). The minimum atomic E-state index is -0.329. The van der Waals surface area contributed by atoms with Gasteiger partial charge in [0.1, 0.15) is 0 Å². The van der Waals surface area contributed by atoms with Crippen LogP contribution in [-0.4, -0.2) is 40.5 Å². The zero-order chi connectivity index (χ0) is 15.5. The number of anilines is 1. The fourth-order valence-electron chi connectivity index (χ4n) is 2.53. The van der Waals surface area contributed by atoms with Crippen molar-refractivity contribution in [1.29, 1.82) is 0 Å². The topological polar surface area (TPSA) is 58.4 Å². The van der Waals surface area contributed by atoms with Gasteiger partial charge in [-0.05, 0) is 24.6 Å². The van der Waals surface area contributed by atoms with Crippen LogP contribution in [0.1, 0.15) is 25.8 Å². The lowest BCUT2D eigenvalue weighted by Crippen LogP contribution is -2.27. The monoisotopic (exact) mass is 309 g/mol. The number of nitrogens with zero attached hydrogens (tertiary/aromatic N) is 2. The SMILES string of the molecule is CNc1ccc([N+](=O)[O-])cc1CN1CCSC(C)(C)CC1. The summed E-state index contributed by atoms with van der Waals surface area (Å²) in [7, 11) is 1.85. The van der Waals surface area contributed by atoms with Crippen molar-refractivity contribution in [2.24, 2.45) is 0 Å². The van der Waals surface area contributed by atoms with Gasteiger partial charge in [0.25, 0.3) is 5.69 Å². The molecule has 0 radical (unpaired) electrons. The lowest BCUT2D eigenvalue weighted by atomic mass is 10.1. The Kier molecular flexibility index (Phi) is 5.11. The summed E-state index contributed by atoms with van der Waals surface area (Å²) in [5.74, 6) is 1.11. The van der Waals surface area contributed by atoms with E-state index in [1.54, 1.807) is 18.2 Å². The van der Waals surface area contributed by atoms with Crippen molar-refractivity contribution in [3.8, 4) is 0 Å². The molecule has 1 fully saturated rings. The second kappa shape index (κ2) is 6.66. The summed E-state index contributed by atoms with van der Waals surface area (Å²) in [5.41, 5.74) is 2.13. The van der Waals surface area contributed by atoms with Gasteiger partial charge in [-0.2, -0.15) is 11.8 Å². The van der Waals surface area contributed by atoms with Crippen LogP contribution in [0, 0.1) is 10.1 Å². The number of hydrogen-bond donors (Lipinski definition) is 1. The third-order valence-corrected chi connectivity index (χ3v) is 5.27. The van der Waals surface area contributed by atoms with Gasteiger partial charge >= 0.3 is 0 Å². The van der Waals surface area contributed by atoms with Gasteiger partial charge in [0, 0.05) is 48.5 Å². The molecule has 1 aliphatic heterocycles. The van der Waals surface area contributed by atoms with E-state index in [1.165, 1.54) is 0 Å². The average molecular weight is 309 g/mol. The maximum atomic E-state index is 11.0. The number of nitro groups is 1. The number of rotatable bonds is 4. The minimum Gasteiger partial charge on any atom is -0.388 e. The minimum absolute atomic E-state index is 0.161. The van der Waals surface area contributed by atoms with Crippen LogP contribution < -0.4 is 5.32 Å². The van der Waals surface area contributed by atoms with E-state index in [0.29, 0.717) is 4.75 Å². The Morgan fingerprint density at radius 2 is 2.19 bits per heavy atom. The first-order chi connectivity index (χ1) is 9.91. The number of benzene rings is 1. The van der Waals surface area contributed by atoms with Gasteiger partial charge in [-0.3, -0.25) is 15.0 Å². The molecule has 0 saturated carbocycles. The van der Waals surface area contributed by atoms with Crippen molar-refractivity contribution in [1.82, 2.24) is 4.90 Å². The molecule has 0 spiro atoms. The van der Waals surface area contributed by atoms with Crippen molar-refractivity contribution in [3.05, 3.63) is 33.9 Å². The molecule has 1 saturated heterocycles. The van der Waals surface area contributed by atoms with Crippen molar-refractivity contribution in [3.63, 3.8) is 0 Å². The van der Waals surface area contributed by atoms with Crippen molar-refractivity contribution in [2.45, 2.75) is 31.6 Å². The second-order valence-corrected chi connectivity index (χ2v) is 7.78. The molecule has 116 valence electrons. The van der Waals surface area contributed by atoms with E-state index in [4.69, 9.17) is 0 Å². The maximum Gasteiger partial charge on any atom is 0.269 e. The number of nitrogens with one attached hydrogen (secondary N) is 1. The molecule has 0 unspecified atom stereocenters. The molecular weight excluding hydrogens is 286 g/mol. The lowest BCUT2D eigenvalue weighted by Gasteiger charge is -2.23. The Balaban J connectivity index is 2.14. The maximum absolute atomic E-state index is 11.0. The third-order valence-electron chi connectivity index (χ3n) is 3.89. The van der Waals surface area contributed by atoms with Crippen molar-refractivity contribution >= 4 is 23.1 Å². The summed E-state index contributed by atoms with van der Waals surface area (Å²) < 4.78 is 0.323. The van der Waals surface area contributed by atoms with E-state index in [-0.39, 0.29) is 10.6 Å². The molecule has 6 heteroatoms. The summed E-state index contributed by atoms with van der Waals surface area (Å²) in [4.78, 5) is 13.0. The first-order valence-corrected chi connectivity index (χ1v) is 8.21. The van der Waals surface area contributed by atoms with E-state index in [0.717, 1.165) is 43.1 Å². The van der Waals surface area contributed by atoms with Crippen LogP contribution in [0.2, 0.25) is 0 Å². The Bertz CT molecular complexity index is 520. The van der Waals surface area contributed by atoms with Gasteiger partial charge in [-0.25, -0.2) is 0 Å². The average Bonchev–Trinajstić information content (AvgIpc) is 2.60. The Labute approximate surface area is 130 Å². The first kappa shape index (κ1) is 16.1. The highest BCUT2D eigenvalue weighted by molar-refractivity contribution is 8.00. The molecule has 0 aliphatic carbocycles. The van der Waals surface area contributed by atoms with Crippen LogP contribution >= 0.6 is 11.8 Å². The molecule has 1 aliphatic rings. The van der Waals surface area contributed by atoms with Gasteiger partial charge in [0.2, 0.25) is 0 Å². The van der Waals surface area contributed by atoms with E-state index >= 15 is 0 Å². The summed E-state index contributed by atoms with van der Waals surface area (Å²) >= 11 is 2.01. The number of non-ortho nitro benzene ring substituents is 1. The Morgan fingerprint density at radius 3 is 2.86 bits per heavy atom. The largest absolute Gasteiger partial charge is 0.388 e. The normalized spacial score (nSPS) is 19.0. The van der Waals surface area contributed by atoms with E-state index < -0.39 is 0 Å². The van der Waals surface area contributed by atoms with Crippen LogP contribution in [0.4, 0.5) is 11.4 Å². The van der Waals surface area contributed by atoms with Crippen LogP contribution in [0.3, 0.4) is 0 Å². The van der Waals surface area contributed by atoms with Gasteiger partial charge in [-0.15, -0.1) is 0 Å². The van der Waals surface area contributed by atoms with Crippen LogP contribution in [0.5, 0.6) is 0 Å². The summed E-state index contributed by atoms with van der Waals surface area (Å²) in [6.45, 7) is 7.39. The molecule has 1 aromatic carbocycles. The molecule has 21 heavy (non-hydrogen) atoms. The Hall–Kier alpha value is -1.27. The highest BCUT2D eigenvalue weighted by Crippen LogP contribution is 2.32. The fraction of sp³-hybridized carbons (Fsp3) is 0.600. The first-order valence-electron chi connectivity index (χ1n) is 7.23. The molecule has 0 atom stereocenters. The zero-order valence-electron chi connectivity index (χ0n) is 12.9. The lowest BCUT2D eigenvalue weighted by molar-refractivity contribution is -0.384. The van der Waals surface area contributed by atoms with Gasteiger partial charge in [0.15, 0.2) is 0 Å². The molecule has 0 bridgehead atoms. The Morgan fingerprint density at radius 1 is 1.43 bits per heavy atom. The predicted molar refractivity (Wildman–Crippen MR) is 89.1 cm³/mol. The van der Waals surface area contributed by atoms with Gasteiger partial charge in [-0.1, -0.05) is 13.8 Å². The molecule has 1 N–H and O–H groups in total. The number of thioether (sulfide) groups is 1. The van der Waals surface area contributed by atoms with Gasteiger partial charge in [0.05, 0.1) is 4.92 Å². The third kappa shape index (κ3) is 4.35. The number of hydrogen-bond acceptors (Lipinski definition) is 5.